The minimum atomic E-state index is -3.64. The number of hydrogen-bond acceptors (Lipinski definition) is 5. The monoisotopic (exact) mass is 361 g/mol. The second kappa shape index (κ2) is 7.27. The lowest BCUT2D eigenvalue weighted by atomic mass is 10.2. The molecule has 23 heavy (non-hydrogen) atoms. The zero-order valence-electron chi connectivity index (χ0n) is 13.3. The van der Waals surface area contributed by atoms with Gasteiger partial charge in [0.1, 0.15) is 0 Å². The zero-order chi connectivity index (χ0) is 17.1. The molecule has 3 N–H and O–H groups in total. The number of nitrogens with one attached hydrogen (secondary N) is 3. The molecular weight excluding hydrogens is 338 g/mol. The van der Waals surface area contributed by atoms with Crippen LogP contribution in [0.4, 0.5) is 0 Å². The first-order chi connectivity index (χ1) is 10.8. The highest BCUT2D eigenvalue weighted by atomic mass is 32.2. The van der Waals surface area contributed by atoms with E-state index in [2.05, 4.69) is 14.8 Å². The van der Waals surface area contributed by atoms with Crippen molar-refractivity contribution < 1.29 is 16.8 Å². The summed E-state index contributed by atoms with van der Waals surface area (Å²) >= 11 is 0. The van der Waals surface area contributed by atoms with E-state index in [0.717, 1.165) is 25.8 Å². The van der Waals surface area contributed by atoms with E-state index in [4.69, 9.17) is 0 Å². The standard InChI is InChI=1S/C14H23N3O4S2/c1-11-10-13(5-6-14(11)23(20,21)15-2)22(18,19)17-9-7-12-4-3-8-16-12/h5-6,10,12,15-17H,3-4,7-9H2,1-2H3/t12-/m1/s1. The predicted octanol–water partition coefficient (Wildman–Crippen LogP) is 0.324. The van der Waals surface area contributed by atoms with Gasteiger partial charge >= 0.3 is 0 Å². The lowest BCUT2D eigenvalue weighted by Crippen LogP contribution is -2.30. The van der Waals surface area contributed by atoms with Crippen LogP contribution in [0.2, 0.25) is 0 Å². The summed E-state index contributed by atoms with van der Waals surface area (Å²) in [6.45, 7) is 2.92. The van der Waals surface area contributed by atoms with Crippen LogP contribution in [-0.4, -0.2) is 43.0 Å². The molecular formula is C14H23N3O4S2. The zero-order valence-corrected chi connectivity index (χ0v) is 14.9. The Bertz CT molecular complexity index is 754. The van der Waals surface area contributed by atoms with E-state index in [1.807, 2.05) is 0 Å². The Morgan fingerprint density at radius 3 is 2.52 bits per heavy atom. The highest BCUT2D eigenvalue weighted by molar-refractivity contribution is 7.90. The van der Waals surface area contributed by atoms with E-state index in [-0.39, 0.29) is 9.79 Å². The van der Waals surface area contributed by atoms with Crippen molar-refractivity contribution in [3.8, 4) is 0 Å². The molecule has 0 unspecified atom stereocenters. The Balaban J connectivity index is 2.09. The van der Waals surface area contributed by atoms with Gasteiger partial charge in [0.15, 0.2) is 0 Å². The molecule has 130 valence electrons. The van der Waals surface area contributed by atoms with E-state index >= 15 is 0 Å². The van der Waals surface area contributed by atoms with Gasteiger partial charge in [-0.3, -0.25) is 0 Å². The van der Waals surface area contributed by atoms with Crippen LogP contribution in [-0.2, 0) is 20.0 Å². The minimum Gasteiger partial charge on any atom is -0.314 e. The normalized spacial score (nSPS) is 19.1. The maximum absolute atomic E-state index is 12.3. The molecule has 1 fully saturated rings. The van der Waals surface area contributed by atoms with Crippen molar-refractivity contribution in [2.24, 2.45) is 0 Å². The minimum absolute atomic E-state index is 0.0736. The number of hydrogen-bond donors (Lipinski definition) is 3. The van der Waals surface area contributed by atoms with Gasteiger partial charge in [0.25, 0.3) is 0 Å². The molecule has 1 saturated heterocycles. The molecule has 2 rings (SSSR count). The quantitative estimate of drug-likeness (QED) is 0.649. The molecule has 1 atom stereocenters. The first-order valence-corrected chi connectivity index (χ1v) is 10.5. The first-order valence-electron chi connectivity index (χ1n) is 7.53. The van der Waals surface area contributed by atoms with Crippen LogP contribution in [0.15, 0.2) is 28.0 Å². The van der Waals surface area contributed by atoms with E-state index < -0.39 is 20.0 Å². The number of sulfonamides is 2. The van der Waals surface area contributed by atoms with Crippen LogP contribution >= 0.6 is 0 Å². The molecule has 0 spiro atoms. The average molecular weight is 361 g/mol. The van der Waals surface area contributed by atoms with E-state index in [0.29, 0.717) is 18.2 Å². The van der Waals surface area contributed by atoms with Gasteiger partial charge in [-0.1, -0.05) is 0 Å². The summed E-state index contributed by atoms with van der Waals surface area (Å²) in [6, 6.07) is 4.37. The van der Waals surface area contributed by atoms with E-state index in [1.54, 1.807) is 6.92 Å². The maximum atomic E-state index is 12.3. The fourth-order valence-corrected chi connectivity index (χ4v) is 4.74. The molecule has 0 saturated carbocycles. The fourth-order valence-electron chi connectivity index (χ4n) is 2.65. The van der Waals surface area contributed by atoms with Crippen LogP contribution in [0.1, 0.15) is 24.8 Å². The number of aryl methyl sites for hydroxylation is 1. The molecule has 0 bridgehead atoms. The summed E-state index contributed by atoms with van der Waals surface area (Å²) in [5.41, 5.74) is 0.389. The van der Waals surface area contributed by atoms with Gasteiger partial charge < -0.3 is 5.32 Å². The fraction of sp³-hybridized carbons (Fsp3) is 0.571. The topological polar surface area (TPSA) is 104 Å². The van der Waals surface area contributed by atoms with Gasteiger partial charge in [0.05, 0.1) is 9.79 Å². The smallest absolute Gasteiger partial charge is 0.240 e. The van der Waals surface area contributed by atoms with Gasteiger partial charge in [0.2, 0.25) is 20.0 Å². The summed E-state index contributed by atoms with van der Waals surface area (Å²) in [5, 5.41) is 3.31. The lowest BCUT2D eigenvalue weighted by Gasteiger charge is -2.12. The van der Waals surface area contributed by atoms with Gasteiger partial charge in [-0.25, -0.2) is 26.3 Å². The summed E-state index contributed by atoms with van der Waals surface area (Å²) in [5.74, 6) is 0. The third kappa shape index (κ3) is 4.51. The largest absolute Gasteiger partial charge is 0.314 e. The SMILES string of the molecule is CNS(=O)(=O)c1ccc(S(=O)(=O)NCC[C@H]2CCCN2)cc1C. The van der Waals surface area contributed by atoms with Gasteiger partial charge in [-0.2, -0.15) is 0 Å². The molecule has 0 radical (unpaired) electrons. The second-order valence-electron chi connectivity index (χ2n) is 5.61. The molecule has 0 aliphatic carbocycles. The Kier molecular flexibility index (Phi) is 5.79. The summed E-state index contributed by atoms with van der Waals surface area (Å²) in [7, 11) is -5.91. The Morgan fingerprint density at radius 2 is 1.96 bits per heavy atom. The lowest BCUT2D eigenvalue weighted by molar-refractivity contribution is 0.539. The van der Waals surface area contributed by atoms with Crippen LogP contribution in [0.25, 0.3) is 0 Å². The van der Waals surface area contributed by atoms with E-state index in [1.165, 1.54) is 25.2 Å². The van der Waals surface area contributed by atoms with Crippen molar-refractivity contribution in [3.05, 3.63) is 23.8 Å². The van der Waals surface area contributed by atoms with Crippen LogP contribution in [0.3, 0.4) is 0 Å². The van der Waals surface area contributed by atoms with Crippen LogP contribution in [0, 0.1) is 6.92 Å². The van der Waals surface area contributed by atoms with Crippen molar-refractivity contribution in [2.45, 2.75) is 42.0 Å². The summed E-state index contributed by atoms with van der Waals surface area (Å²) in [4.78, 5) is 0.151. The molecule has 1 aliphatic rings. The molecule has 0 aromatic heterocycles. The molecule has 0 amide bonds. The Morgan fingerprint density at radius 1 is 1.22 bits per heavy atom. The predicted molar refractivity (Wildman–Crippen MR) is 88.3 cm³/mol. The average Bonchev–Trinajstić information content (AvgIpc) is 3.00. The molecule has 1 aromatic carbocycles. The summed E-state index contributed by atoms with van der Waals surface area (Å²) < 4.78 is 53.0. The molecule has 9 heteroatoms. The van der Waals surface area contributed by atoms with E-state index in [9.17, 15) is 16.8 Å². The van der Waals surface area contributed by atoms with Crippen LogP contribution in [0.5, 0.6) is 0 Å². The summed E-state index contributed by atoms with van der Waals surface area (Å²) in [6.07, 6.45) is 2.93. The third-order valence-electron chi connectivity index (χ3n) is 3.96. The Labute approximate surface area is 138 Å². The second-order valence-corrected chi connectivity index (χ2v) is 9.24. The van der Waals surface area contributed by atoms with Crippen molar-refractivity contribution >= 4 is 20.0 Å². The van der Waals surface area contributed by atoms with Crippen molar-refractivity contribution in [2.75, 3.05) is 20.1 Å². The Hall–Kier alpha value is -1.00. The van der Waals surface area contributed by atoms with Crippen LogP contribution < -0.4 is 14.8 Å². The van der Waals surface area contributed by atoms with Gasteiger partial charge in [-0.05, 0) is 63.5 Å². The third-order valence-corrected chi connectivity index (χ3v) is 7.00. The highest BCUT2D eigenvalue weighted by Gasteiger charge is 2.20. The number of rotatable bonds is 7. The highest BCUT2D eigenvalue weighted by Crippen LogP contribution is 2.19. The van der Waals surface area contributed by atoms with Crippen molar-refractivity contribution in [3.63, 3.8) is 0 Å². The van der Waals surface area contributed by atoms with Gasteiger partial charge in [-0.15, -0.1) is 0 Å². The van der Waals surface area contributed by atoms with Crippen molar-refractivity contribution in [1.82, 2.24) is 14.8 Å². The molecule has 1 aliphatic heterocycles. The molecule has 1 aromatic rings. The first kappa shape index (κ1) is 18.3. The van der Waals surface area contributed by atoms with Crippen molar-refractivity contribution in [1.29, 1.82) is 0 Å². The molecule has 1 heterocycles. The number of benzene rings is 1. The molecule has 7 nitrogen and oxygen atoms in total. The maximum Gasteiger partial charge on any atom is 0.240 e. The van der Waals surface area contributed by atoms with Gasteiger partial charge in [0, 0.05) is 12.6 Å².